The highest BCUT2D eigenvalue weighted by atomic mass is 16.5. The maximum Gasteiger partial charge on any atom is 0.227 e. The molecule has 8 atom stereocenters. The molecule has 0 radical (unpaired) electrons. The largest absolute Gasteiger partial charge is 0.493 e. The van der Waals surface area contributed by atoms with Crippen LogP contribution in [0.2, 0.25) is 0 Å². The first-order valence-electron chi connectivity index (χ1n) is 21.7. The summed E-state index contributed by atoms with van der Waals surface area (Å²) in [7, 11) is 3.21. The number of Topliss-reactive ketones (excluding diaryl/α,β-unsaturated/α-hetero) is 1. The van der Waals surface area contributed by atoms with Crippen LogP contribution in [0.15, 0.2) is 84.5 Å². The highest BCUT2D eigenvalue weighted by molar-refractivity contribution is 6.00. The van der Waals surface area contributed by atoms with Gasteiger partial charge in [0.25, 0.3) is 0 Å². The normalized spacial score (nSPS) is 35.5. The molecule has 1 unspecified atom stereocenters. The van der Waals surface area contributed by atoms with Crippen molar-refractivity contribution in [2.45, 2.75) is 116 Å². The molecular formula is C50H61NO6. The average molecular weight is 772 g/mol. The van der Waals surface area contributed by atoms with Crippen LogP contribution in [0, 0.1) is 39.4 Å². The van der Waals surface area contributed by atoms with Crippen LogP contribution in [0.5, 0.6) is 11.5 Å². The molecule has 302 valence electrons. The van der Waals surface area contributed by atoms with Gasteiger partial charge in [0.05, 0.1) is 38.9 Å². The van der Waals surface area contributed by atoms with Crippen LogP contribution in [0.25, 0.3) is 10.8 Å². The van der Waals surface area contributed by atoms with Crippen molar-refractivity contribution >= 4 is 22.5 Å². The molecule has 0 aliphatic heterocycles. The third-order valence-corrected chi connectivity index (χ3v) is 16.8. The van der Waals surface area contributed by atoms with E-state index in [4.69, 9.17) is 9.47 Å². The van der Waals surface area contributed by atoms with Gasteiger partial charge in [0.1, 0.15) is 0 Å². The summed E-state index contributed by atoms with van der Waals surface area (Å²) in [6.45, 7) is 5.31. The van der Waals surface area contributed by atoms with Gasteiger partial charge >= 0.3 is 0 Å². The van der Waals surface area contributed by atoms with Gasteiger partial charge in [-0.1, -0.05) is 99.9 Å². The molecule has 7 aliphatic carbocycles. The molecule has 3 aromatic carbocycles. The third kappa shape index (κ3) is 5.79. The summed E-state index contributed by atoms with van der Waals surface area (Å²) in [5.74, 6) is 1.81. The molecule has 10 rings (SSSR count). The van der Waals surface area contributed by atoms with Crippen LogP contribution in [-0.4, -0.2) is 59.3 Å². The van der Waals surface area contributed by atoms with Gasteiger partial charge in [-0.2, -0.15) is 0 Å². The second-order valence-corrected chi connectivity index (χ2v) is 19.3. The lowest BCUT2D eigenvalue weighted by Gasteiger charge is -2.71. The molecule has 4 saturated carbocycles. The molecule has 57 heavy (non-hydrogen) atoms. The van der Waals surface area contributed by atoms with E-state index >= 15 is 4.79 Å². The first-order valence-corrected chi connectivity index (χ1v) is 21.7. The molecule has 0 heterocycles. The molecule has 0 aromatic heterocycles. The van der Waals surface area contributed by atoms with Gasteiger partial charge < -0.3 is 24.6 Å². The van der Waals surface area contributed by atoms with Crippen LogP contribution in [0.1, 0.15) is 102 Å². The number of fused-ring (bicyclic) bond motifs is 2. The number of benzene rings is 3. The second kappa shape index (κ2) is 14.1. The number of ether oxygens (including phenoxy) is 2. The Morgan fingerprint density at radius 1 is 0.807 bits per heavy atom. The number of hydrogen-bond donors (Lipinski definition) is 2. The van der Waals surface area contributed by atoms with E-state index in [0.717, 1.165) is 85.3 Å². The van der Waals surface area contributed by atoms with E-state index in [1.165, 1.54) is 6.42 Å². The summed E-state index contributed by atoms with van der Waals surface area (Å²) in [4.78, 5) is 31.7. The van der Waals surface area contributed by atoms with Gasteiger partial charge in [-0.05, 0) is 109 Å². The molecule has 7 aliphatic rings. The Labute approximate surface area is 338 Å². The van der Waals surface area contributed by atoms with Crippen molar-refractivity contribution in [3.63, 3.8) is 0 Å². The fourth-order valence-corrected chi connectivity index (χ4v) is 13.7. The van der Waals surface area contributed by atoms with E-state index in [1.54, 1.807) is 14.2 Å². The van der Waals surface area contributed by atoms with Gasteiger partial charge in [-0.3, -0.25) is 9.59 Å². The van der Waals surface area contributed by atoms with Gasteiger partial charge in [0.2, 0.25) is 5.91 Å². The first-order chi connectivity index (χ1) is 27.4. The van der Waals surface area contributed by atoms with Crippen molar-refractivity contribution in [3.05, 3.63) is 95.6 Å². The molecule has 2 bridgehead atoms. The van der Waals surface area contributed by atoms with E-state index in [9.17, 15) is 15.0 Å². The smallest absolute Gasteiger partial charge is 0.227 e. The fraction of sp³-hybridized carbons (Fsp3) is 0.560. The van der Waals surface area contributed by atoms with Crippen LogP contribution in [-0.2, 0) is 22.6 Å². The number of amides is 1. The average Bonchev–Trinajstić information content (AvgIpc) is 3.50. The number of ketones is 1. The van der Waals surface area contributed by atoms with Crippen molar-refractivity contribution in [2.24, 2.45) is 39.4 Å². The number of aliphatic hydroxyl groups excluding tert-OH is 1. The molecule has 7 nitrogen and oxygen atoms in total. The minimum Gasteiger partial charge on any atom is -0.493 e. The number of hydrogen-bond acceptors (Lipinski definition) is 6. The maximum absolute atomic E-state index is 15.0. The number of rotatable bonds is 10. The van der Waals surface area contributed by atoms with E-state index in [1.807, 2.05) is 35.2 Å². The Hall–Kier alpha value is -3.94. The predicted molar refractivity (Wildman–Crippen MR) is 223 cm³/mol. The summed E-state index contributed by atoms with van der Waals surface area (Å²) < 4.78 is 11.1. The molecule has 1 amide bonds. The van der Waals surface area contributed by atoms with E-state index in [0.29, 0.717) is 36.7 Å². The molecule has 7 heteroatoms. The monoisotopic (exact) mass is 771 g/mol. The second-order valence-electron chi connectivity index (χ2n) is 19.3. The maximum atomic E-state index is 15.0. The zero-order chi connectivity index (χ0) is 39.8. The zero-order valence-electron chi connectivity index (χ0n) is 34.4. The van der Waals surface area contributed by atoms with Crippen LogP contribution in [0.3, 0.4) is 0 Å². The highest BCUT2D eigenvalue weighted by Gasteiger charge is 2.74. The Balaban J connectivity index is 1.10. The lowest BCUT2D eigenvalue weighted by atomic mass is 9.32. The lowest BCUT2D eigenvalue weighted by molar-refractivity contribution is -0.181. The van der Waals surface area contributed by atoms with Gasteiger partial charge in [0, 0.05) is 34.3 Å². The van der Waals surface area contributed by atoms with E-state index in [-0.39, 0.29) is 53.6 Å². The van der Waals surface area contributed by atoms with Crippen LogP contribution >= 0.6 is 0 Å². The Morgan fingerprint density at radius 3 is 2.32 bits per heavy atom. The van der Waals surface area contributed by atoms with Crippen LogP contribution < -0.4 is 9.47 Å². The number of nitrogens with zero attached hydrogens (tertiary/aromatic N) is 1. The highest BCUT2D eigenvalue weighted by Crippen LogP contribution is 2.78. The molecule has 2 spiro atoms. The number of aliphatic hydroxyl groups is 2. The summed E-state index contributed by atoms with van der Waals surface area (Å²) in [6.07, 6.45) is 17.8. The lowest BCUT2D eigenvalue weighted by Crippen LogP contribution is -2.67. The van der Waals surface area contributed by atoms with Gasteiger partial charge in [-0.15, -0.1) is 0 Å². The van der Waals surface area contributed by atoms with Crippen molar-refractivity contribution in [1.29, 1.82) is 0 Å². The molecule has 4 fully saturated rings. The third-order valence-electron chi connectivity index (χ3n) is 16.8. The minimum atomic E-state index is -1.17. The fourth-order valence-electron chi connectivity index (χ4n) is 13.7. The number of carbonyl (C=O) groups is 2. The van der Waals surface area contributed by atoms with Crippen molar-refractivity contribution < 1.29 is 29.3 Å². The SMILES string of the molecule is COc1ccc(CC(=O)N(Cc2cccc3ccccc23)C[C@]2(O)CC[C@H]3[C@]45C=C[C@@]6(C=C4C(=O)C4CCCCC4)CC(O)CC[C@]6(C)[C@H]5CC[C@@]32C)cc1OC. The Bertz CT molecular complexity index is 2130. The molecular weight excluding hydrogens is 711 g/mol. The summed E-state index contributed by atoms with van der Waals surface area (Å²) >= 11 is 0. The molecule has 0 saturated heterocycles. The first kappa shape index (κ1) is 38.6. The molecule has 3 aromatic rings. The van der Waals surface area contributed by atoms with Gasteiger partial charge in [0.15, 0.2) is 17.3 Å². The summed E-state index contributed by atoms with van der Waals surface area (Å²) in [6, 6.07) is 20.2. The minimum absolute atomic E-state index is 0.0443. The predicted octanol–water partition coefficient (Wildman–Crippen LogP) is 9.17. The summed E-state index contributed by atoms with van der Waals surface area (Å²) in [5, 5.41) is 26.7. The van der Waals surface area contributed by atoms with Gasteiger partial charge in [-0.25, -0.2) is 0 Å². The summed E-state index contributed by atoms with van der Waals surface area (Å²) in [5.41, 5.74) is 0.275. The van der Waals surface area contributed by atoms with E-state index < -0.39 is 16.4 Å². The quantitative estimate of drug-likeness (QED) is 0.200. The standard InChI is InChI=1S/C50H61NO6/c1-46-22-19-37(52)29-48(46)25-26-50(39(30-48)45(54)35-12-6-5-7-13-35)42(46)20-23-47(2)43(50)21-24-49(47,55)32-51(31-36-15-10-14-34-11-8-9-16-38(34)36)44(53)28-33-17-18-40(56-3)41(27-33)57-4/h8-11,14-18,25-27,30,35,37,42-43,52,55H,5-7,12-13,19-24,28-29,31-32H2,1-4H3/t37?,42-,43-,46-,47+,48+,49-,50-/m1/s1. The zero-order valence-corrected chi connectivity index (χ0v) is 34.4. The van der Waals surface area contributed by atoms with Crippen molar-refractivity contribution in [3.8, 4) is 11.5 Å². The van der Waals surface area contributed by atoms with Crippen molar-refractivity contribution in [1.82, 2.24) is 4.90 Å². The Morgan fingerprint density at radius 2 is 1.53 bits per heavy atom. The van der Waals surface area contributed by atoms with Crippen molar-refractivity contribution in [2.75, 3.05) is 20.8 Å². The molecule has 2 N–H and O–H groups in total. The number of allylic oxidation sites excluding steroid dienone is 4. The van der Waals surface area contributed by atoms with Crippen LogP contribution in [0.4, 0.5) is 0 Å². The number of methoxy groups -OCH3 is 2. The topological polar surface area (TPSA) is 96.3 Å². The number of carbonyl (C=O) groups excluding carboxylic acids is 2. The Kier molecular flexibility index (Phi) is 9.55. The van der Waals surface area contributed by atoms with E-state index in [2.05, 4.69) is 62.4 Å².